The number of nitrogens with two attached hydrogens (primary N) is 1. The number of allylic oxidation sites excluding steroid dienone is 2. The molecule has 172 valence electrons. The minimum atomic E-state index is -4.87. The Morgan fingerprint density at radius 3 is 2.52 bits per heavy atom. The van der Waals surface area contributed by atoms with Gasteiger partial charge in [-0.05, 0) is 28.8 Å². The number of phosphoric ester groups is 1. The smallest absolute Gasteiger partial charge is 0.269 e. The van der Waals surface area contributed by atoms with Crippen LogP contribution in [-0.2, 0) is 21.9 Å². The SMILES string of the molecule is C[N+]1(COP(=O)([O-])O)C=CC=C(c2cc(Cc3ccc(Cc4cncnc4)cc3)no2)C1N. The van der Waals surface area contributed by atoms with Crippen LogP contribution in [0.1, 0.15) is 28.1 Å². The van der Waals surface area contributed by atoms with Crippen molar-refractivity contribution in [2.45, 2.75) is 19.0 Å². The third kappa shape index (κ3) is 5.88. The van der Waals surface area contributed by atoms with Gasteiger partial charge in [0.05, 0.1) is 24.5 Å². The van der Waals surface area contributed by atoms with E-state index in [1.807, 2.05) is 18.2 Å². The van der Waals surface area contributed by atoms with Crippen LogP contribution in [0, 0.1) is 0 Å². The van der Waals surface area contributed by atoms with E-state index in [2.05, 4.69) is 31.8 Å². The molecule has 0 bridgehead atoms. The van der Waals surface area contributed by atoms with Gasteiger partial charge in [0.15, 0.2) is 18.7 Å². The maximum atomic E-state index is 11.0. The predicted octanol–water partition coefficient (Wildman–Crippen LogP) is 1.72. The second-order valence-electron chi connectivity index (χ2n) is 8.08. The summed E-state index contributed by atoms with van der Waals surface area (Å²) in [6.45, 7) is -0.352. The van der Waals surface area contributed by atoms with Crippen molar-refractivity contribution in [2.75, 3.05) is 13.8 Å². The summed E-state index contributed by atoms with van der Waals surface area (Å²) in [5.41, 5.74) is 11.0. The molecule has 3 aromatic rings. The lowest BCUT2D eigenvalue weighted by Gasteiger charge is -2.38. The molecule has 3 N–H and O–H groups in total. The van der Waals surface area contributed by atoms with Crippen molar-refractivity contribution in [1.29, 1.82) is 0 Å². The molecule has 3 atom stereocenters. The summed E-state index contributed by atoms with van der Waals surface area (Å²) in [5, 5.41) is 4.16. The Hall–Kier alpha value is -2.98. The summed E-state index contributed by atoms with van der Waals surface area (Å²) in [5.74, 6) is 0.487. The zero-order valence-corrected chi connectivity index (χ0v) is 18.8. The fraction of sp³-hybridized carbons (Fsp3) is 0.227. The van der Waals surface area contributed by atoms with Crippen LogP contribution in [0.3, 0.4) is 0 Å². The molecule has 33 heavy (non-hydrogen) atoms. The summed E-state index contributed by atoms with van der Waals surface area (Å²) in [6.07, 6.45) is 11.0. The summed E-state index contributed by atoms with van der Waals surface area (Å²) >= 11 is 0. The van der Waals surface area contributed by atoms with Gasteiger partial charge >= 0.3 is 0 Å². The highest BCUT2D eigenvalue weighted by Gasteiger charge is 2.36. The van der Waals surface area contributed by atoms with Gasteiger partial charge in [-0.2, -0.15) is 0 Å². The Balaban J connectivity index is 1.42. The van der Waals surface area contributed by atoms with E-state index >= 15 is 0 Å². The van der Waals surface area contributed by atoms with Crippen molar-refractivity contribution in [3.8, 4) is 0 Å². The molecule has 0 fully saturated rings. The van der Waals surface area contributed by atoms with E-state index in [-0.39, 0.29) is 11.2 Å². The number of aromatic nitrogens is 3. The molecule has 0 radical (unpaired) electrons. The monoisotopic (exact) mass is 469 g/mol. The first-order valence-electron chi connectivity index (χ1n) is 10.2. The van der Waals surface area contributed by atoms with Crippen molar-refractivity contribution >= 4 is 13.4 Å². The van der Waals surface area contributed by atoms with Crippen LogP contribution in [0.4, 0.5) is 0 Å². The van der Waals surface area contributed by atoms with Crippen molar-refractivity contribution in [3.05, 3.63) is 95.5 Å². The summed E-state index contributed by atoms with van der Waals surface area (Å²) in [6, 6.07) is 10.0. The van der Waals surface area contributed by atoms with Crippen LogP contribution in [0.2, 0.25) is 0 Å². The number of hydrogen-bond donors (Lipinski definition) is 2. The molecule has 4 rings (SSSR count). The van der Waals surface area contributed by atoms with E-state index < -0.39 is 14.0 Å². The Bertz CT molecular complexity index is 1210. The number of nitrogens with zero attached hydrogens (tertiary/aromatic N) is 4. The van der Waals surface area contributed by atoms with Crippen molar-refractivity contribution in [1.82, 2.24) is 15.1 Å². The highest BCUT2D eigenvalue weighted by Crippen LogP contribution is 2.34. The second kappa shape index (κ2) is 9.48. The molecular weight excluding hydrogens is 445 g/mol. The van der Waals surface area contributed by atoms with Gasteiger partial charge in [0.2, 0.25) is 0 Å². The zero-order valence-electron chi connectivity index (χ0n) is 17.9. The van der Waals surface area contributed by atoms with Crippen molar-refractivity contribution < 1.29 is 27.9 Å². The number of rotatable bonds is 8. The number of quaternary nitrogens is 1. The number of hydrogen-bond acceptors (Lipinski definition) is 8. The van der Waals surface area contributed by atoms with E-state index in [9.17, 15) is 9.46 Å². The molecule has 2 aromatic heterocycles. The zero-order chi connectivity index (χ0) is 23.5. The molecule has 1 aliphatic heterocycles. The Morgan fingerprint density at radius 1 is 1.18 bits per heavy atom. The lowest BCUT2D eigenvalue weighted by molar-refractivity contribution is -0.893. The molecule has 0 saturated heterocycles. The third-order valence-electron chi connectivity index (χ3n) is 5.43. The molecule has 3 unspecified atom stereocenters. The van der Waals surface area contributed by atoms with Gasteiger partial charge in [-0.3, -0.25) is 19.3 Å². The summed E-state index contributed by atoms with van der Waals surface area (Å²) < 4.78 is 21.0. The molecular formula is C22H24N5O5P. The highest BCUT2D eigenvalue weighted by atomic mass is 31.2. The Morgan fingerprint density at radius 2 is 1.85 bits per heavy atom. The van der Waals surface area contributed by atoms with E-state index in [1.54, 1.807) is 37.8 Å². The quantitative estimate of drug-likeness (QED) is 0.372. The Labute approximate surface area is 190 Å². The fourth-order valence-electron chi connectivity index (χ4n) is 3.57. The van der Waals surface area contributed by atoms with Gasteiger partial charge in [-0.15, -0.1) is 0 Å². The van der Waals surface area contributed by atoms with Gasteiger partial charge < -0.3 is 14.3 Å². The van der Waals surface area contributed by atoms with E-state index in [0.717, 1.165) is 28.8 Å². The van der Waals surface area contributed by atoms with E-state index in [4.69, 9.17) is 15.2 Å². The molecule has 1 aliphatic rings. The van der Waals surface area contributed by atoms with Crippen LogP contribution in [0.5, 0.6) is 0 Å². The van der Waals surface area contributed by atoms with E-state index in [1.165, 1.54) is 6.33 Å². The first kappa shape index (κ1) is 23.2. The minimum Gasteiger partial charge on any atom is -0.756 e. The number of benzene rings is 1. The standard InChI is InChI=1S/C22H24N5O5P/c1-27(15-31-33(28,29)30)8-2-3-20(22(27)23)21-11-19(26-32-21)10-17-6-4-16(5-7-17)9-18-12-24-14-25-13-18/h2-8,11-14,22H,9-10,15,23H2,1H3,(H-,28,29,30). The van der Waals surface area contributed by atoms with Gasteiger partial charge in [0.1, 0.15) is 6.33 Å². The molecule has 3 heterocycles. The van der Waals surface area contributed by atoms with Crippen LogP contribution >= 0.6 is 7.82 Å². The highest BCUT2D eigenvalue weighted by molar-refractivity contribution is 7.44. The van der Waals surface area contributed by atoms with Crippen LogP contribution < -0.4 is 10.6 Å². The molecule has 0 spiro atoms. The summed E-state index contributed by atoms with van der Waals surface area (Å²) in [7, 11) is -3.18. The normalized spacial score (nSPS) is 22.1. The molecule has 10 nitrogen and oxygen atoms in total. The average molecular weight is 469 g/mol. The first-order valence-corrected chi connectivity index (χ1v) is 11.7. The van der Waals surface area contributed by atoms with Crippen LogP contribution in [-0.4, -0.2) is 44.4 Å². The second-order valence-corrected chi connectivity index (χ2v) is 9.28. The minimum absolute atomic E-state index is 0.0947. The van der Waals surface area contributed by atoms with Gasteiger partial charge in [0.25, 0.3) is 7.82 Å². The molecule has 0 aliphatic carbocycles. The molecule has 1 aromatic carbocycles. The van der Waals surface area contributed by atoms with Crippen LogP contribution in [0.25, 0.3) is 5.57 Å². The molecule has 11 heteroatoms. The predicted molar refractivity (Wildman–Crippen MR) is 118 cm³/mol. The van der Waals surface area contributed by atoms with Gasteiger partial charge in [-0.25, -0.2) is 9.97 Å². The van der Waals surface area contributed by atoms with Gasteiger partial charge in [0, 0.05) is 31.3 Å². The van der Waals surface area contributed by atoms with Crippen molar-refractivity contribution in [2.24, 2.45) is 5.73 Å². The summed E-state index contributed by atoms with van der Waals surface area (Å²) in [4.78, 5) is 28.0. The van der Waals surface area contributed by atoms with Crippen molar-refractivity contribution in [3.63, 3.8) is 0 Å². The third-order valence-corrected chi connectivity index (χ3v) is 5.87. The molecule has 0 amide bonds. The molecule has 0 saturated carbocycles. The lowest BCUT2D eigenvalue weighted by atomic mass is 10.0. The maximum absolute atomic E-state index is 11.0. The number of likely N-dealkylation sites (N-methyl/N-ethyl adjacent to an activating group) is 1. The first-order chi connectivity index (χ1) is 15.7. The lowest BCUT2D eigenvalue weighted by Crippen LogP contribution is -2.55. The van der Waals surface area contributed by atoms with Crippen LogP contribution in [0.15, 0.2) is 71.9 Å². The Kier molecular flexibility index (Phi) is 6.66. The topological polar surface area (TPSA) is 147 Å². The fourth-order valence-corrected chi connectivity index (χ4v) is 3.97. The number of phosphoric acid groups is 1. The van der Waals surface area contributed by atoms with Gasteiger partial charge in [-0.1, -0.05) is 29.4 Å². The van der Waals surface area contributed by atoms with E-state index in [0.29, 0.717) is 17.8 Å². The largest absolute Gasteiger partial charge is 0.756 e. The maximum Gasteiger partial charge on any atom is 0.269 e. The average Bonchev–Trinajstić information content (AvgIpc) is 3.24.